The van der Waals surface area contributed by atoms with E-state index in [1.807, 2.05) is 11.0 Å². The van der Waals surface area contributed by atoms with E-state index in [9.17, 15) is 19.5 Å². The van der Waals surface area contributed by atoms with Gasteiger partial charge in [0.2, 0.25) is 5.91 Å². The summed E-state index contributed by atoms with van der Waals surface area (Å²) >= 11 is 0. The number of carbonyl (C=O) groups is 3. The summed E-state index contributed by atoms with van der Waals surface area (Å²) in [6, 6.07) is 6.88. The number of carboxylic acid groups (broad SMARTS) is 1. The fourth-order valence-electron chi connectivity index (χ4n) is 3.62. The van der Waals surface area contributed by atoms with Crippen LogP contribution in [0.15, 0.2) is 36.4 Å². The molecule has 1 aliphatic heterocycles. The van der Waals surface area contributed by atoms with Crippen molar-refractivity contribution in [2.45, 2.75) is 57.1 Å². The van der Waals surface area contributed by atoms with Crippen LogP contribution in [0.5, 0.6) is 0 Å². The number of aliphatic carboxylic acids is 1. The van der Waals surface area contributed by atoms with Crippen LogP contribution in [0.4, 0.5) is 0 Å². The number of aliphatic hydroxyl groups excluding tert-OH is 1. The molecule has 7 heteroatoms. The lowest BCUT2D eigenvalue weighted by Gasteiger charge is -2.22. The van der Waals surface area contributed by atoms with Crippen molar-refractivity contribution in [1.29, 1.82) is 0 Å². The highest BCUT2D eigenvalue weighted by Crippen LogP contribution is 2.23. The van der Waals surface area contributed by atoms with Gasteiger partial charge in [-0.25, -0.2) is 0 Å². The second-order valence-electron chi connectivity index (χ2n) is 7.91. The van der Waals surface area contributed by atoms with Crippen molar-refractivity contribution >= 4 is 17.8 Å². The van der Waals surface area contributed by atoms with Crippen molar-refractivity contribution in [2.24, 2.45) is 0 Å². The van der Waals surface area contributed by atoms with Gasteiger partial charge in [-0.15, -0.1) is 0 Å². The van der Waals surface area contributed by atoms with E-state index in [0.29, 0.717) is 30.5 Å². The molecule has 0 aliphatic carbocycles. The first-order chi connectivity index (χ1) is 14.3. The monoisotopic (exact) mass is 416 g/mol. The predicted molar refractivity (Wildman–Crippen MR) is 114 cm³/mol. The molecule has 30 heavy (non-hydrogen) atoms. The van der Waals surface area contributed by atoms with Gasteiger partial charge in [0.15, 0.2) is 0 Å². The summed E-state index contributed by atoms with van der Waals surface area (Å²) in [5.74, 6) is -0.780. The highest BCUT2D eigenvalue weighted by molar-refractivity contribution is 5.94. The maximum atomic E-state index is 12.2. The van der Waals surface area contributed by atoms with Crippen LogP contribution >= 0.6 is 0 Å². The quantitative estimate of drug-likeness (QED) is 0.427. The van der Waals surface area contributed by atoms with Gasteiger partial charge >= 0.3 is 5.97 Å². The second-order valence-corrected chi connectivity index (χ2v) is 7.91. The van der Waals surface area contributed by atoms with Crippen LogP contribution in [0.25, 0.3) is 0 Å². The second kappa shape index (κ2) is 11.5. The summed E-state index contributed by atoms with van der Waals surface area (Å²) in [6.07, 6.45) is 7.35. The van der Waals surface area contributed by atoms with Crippen molar-refractivity contribution < 1.29 is 24.6 Å². The molecule has 0 spiro atoms. The van der Waals surface area contributed by atoms with E-state index >= 15 is 0 Å². The average Bonchev–Trinajstić information content (AvgIpc) is 3.07. The minimum absolute atomic E-state index is 0.0437. The minimum atomic E-state index is -0.853. The SMILES string of the molecule is CN(C)C(=O)c1cccc([C@H](O)/C=C/C2CCC(=O)N2CCCCCCC(=O)O)c1. The van der Waals surface area contributed by atoms with E-state index in [-0.39, 0.29) is 24.3 Å². The number of unbranched alkanes of at least 4 members (excludes halogenated alkanes) is 3. The molecule has 2 amide bonds. The third-order valence-electron chi connectivity index (χ3n) is 5.31. The molecule has 0 bridgehead atoms. The van der Waals surface area contributed by atoms with Gasteiger partial charge in [0, 0.05) is 39.0 Å². The number of amides is 2. The van der Waals surface area contributed by atoms with Crippen LogP contribution in [-0.4, -0.2) is 64.5 Å². The summed E-state index contributed by atoms with van der Waals surface area (Å²) in [5.41, 5.74) is 1.15. The molecule has 1 unspecified atom stereocenters. The van der Waals surface area contributed by atoms with E-state index in [0.717, 1.165) is 25.7 Å². The number of benzene rings is 1. The largest absolute Gasteiger partial charge is 0.481 e. The molecule has 1 aromatic carbocycles. The fraction of sp³-hybridized carbons (Fsp3) is 0.522. The molecule has 164 valence electrons. The topological polar surface area (TPSA) is 98.2 Å². The number of carbonyl (C=O) groups excluding carboxylic acids is 2. The van der Waals surface area contributed by atoms with E-state index in [4.69, 9.17) is 5.11 Å². The van der Waals surface area contributed by atoms with E-state index in [1.165, 1.54) is 4.90 Å². The zero-order valence-electron chi connectivity index (χ0n) is 17.8. The third-order valence-corrected chi connectivity index (χ3v) is 5.31. The van der Waals surface area contributed by atoms with Crippen molar-refractivity contribution in [2.75, 3.05) is 20.6 Å². The van der Waals surface area contributed by atoms with Gasteiger partial charge in [-0.05, 0) is 37.0 Å². The number of carboxylic acids is 1. The van der Waals surface area contributed by atoms with E-state index in [1.54, 1.807) is 44.4 Å². The van der Waals surface area contributed by atoms with Gasteiger partial charge < -0.3 is 20.0 Å². The maximum Gasteiger partial charge on any atom is 0.303 e. The number of hydrogen-bond donors (Lipinski definition) is 2. The molecule has 2 N–H and O–H groups in total. The van der Waals surface area contributed by atoms with Gasteiger partial charge in [-0.3, -0.25) is 14.4 Å². The molecule has 0 radical (unpaired) electrons. The zero-order valence-corrected chi connectivity index (χ0v) is 17.8. The van der Waals surface area contributed by atoms with Crippen molar-refractivity contribution in [3.63, 3.8) is 0 Å². The zero-order chi connectivity index (χ0) is 22.1. The Morgan fingerprint density at radius 1 is 1.23 bits per heavy atom. The minimum Gasteiger partial charge on any atom is -0.481 e. The van der Waals surface area contributed by atoms with Crippen molar-refractivity contribution in [3.8, 4) is 0 Å². The Morgan fingerprint density at radius 2 is 1.97 bits per heavy atom. The normalized spacial score (nSPS) is 17.5. The molecule has 0 saturated carbocycles. The Bertz CT molecular complexity index is 775. The molecule has 1 saturated heterocycles. The average molecular weight is 417 g/mol. The highest BCUT2D eigenvalue weighted by Gasteiger charge is 2.28. The van der Waals surface area contributed by atoms with Crippen LogP contribution in [0.1, 0.15) is 67.0 Å². The maximum absolute atomic E-state index is 12.2. The molecule has 1 fully saturated rings. The number of aliphatic hydroxyl groups is 1. The molecule has 7 nitrogen and oxygen atoms in total. The lowest BCUT2D eigenvalue weighted by atomic mass is 10.0. The summed E-state index contributed by atoms with van der Waals surface area (Å²) < 4.78 is 0. The fourth-order valence-corrected chi connectivity index (χ4v) is 3.62. The van der Waals surface area contributed by atoms with Gasteiger partial charge in [0.25, 0.3) is 5.91 Å². The molecule has 1 aliphatic rings. The van der Waals surface area contributed by atoms with Gasteiger partial charge in [-0.2, -0.15) is 0 Å². The van der Waals surface area contributed by atoms with Crippen molar-refractivity contribution in [1.82, 2.24) is 9.80 Å². The Kier molecular flexibility index (Phi) is 9.05. The van der Waals surface area contributed by atoms with Crippen LogP contribution in [0.2, 0.25) is 0 Å². The molecular formula is C23H32N2O5. The van der Waals surface area contributed by atoms with E-state index in [2.05, 4.69) is 0 Å². The molecule has 1 heterocycles. The smallest absolute Gasteiger partial charge is 0.303 e. The Hall–Kier alpha value is -2.67. The summed E-state index contributed by atoms with van der Waals surface area (Å²) in [6.45, 7) is 0.643. The van der Waals surface area contributed by atoms with Gasteiger partial charge in [-0.1, -0.05) is 37.1 Å². The first-order valence-electron chi connectivity index (χ1n) is 10.5. The molecule has 2 rings (SSSR count). The molecule has 1 aromatic rings. The summed E-state index contributed by atoms with van der Waals surface area (Å²) in [7, 11) is 3.37. The standard InChI is InChI=1S/C23H32N2O5/c1-24(2)23(30)18-9-7-8-17(16-18)20(26)13-11-19-12-14-21(27)25(19)15-6-4-3-5-10-22(28)29/h7-9,11,13,16,19-20,26H,3-6,10,12,14-15H2,1-2H3,(H,28,29)/b13-11+/t19?,20-/m1/s1. The number of likely N-dealkylation sites (tertiary alicyclic amines) is 1. The number of hydrogen-bond acceptors (Lipinski definition) is 4. The highest BCUT2D eigenvalue weighted by atomic mass is 16.4. The molecular weight excluding hydrogens is 384 g/mol. The van der Waals surface area contributed by atoms with Crippen molar-refractivity contribution in [3.05, 3.63) is 47.5 Å². The first kappa shape index (κ1) is 23.6. The molecule has 0 aromatic heterocycles. The van der Waals surface area contributed by atoms with Crippen LogP contribution in [0, 0.1) is 0 Å². The van der Waals surface area contributed by atoms with E-state index < -0.39 is 12.1 Å². The molecule has 2 atom stereocenters. The first-order valence-corrected chi connectivity index (χ1v) is 10.5. The predicted octanol–water partition coefficient (Wildman–Crippen LogP) is 3.00. The number of rotatable bonds is 11. The Labute approximate surface area is 178 Å². The Morgan fingerprint density at radius 3 is 2.67 bits per heavy atom. The summed E-state index contributed by atoms with van der Waals surface area (Å²) in [4.78, 5) is 38.2. The lowest BCUT2D eigenvalue weighted by molar-refractivity contribution is -0.137. The van der Waals surface area contributed by atoms with Crippen LogP contribution in [-0.2, 0) is 9.59 Å². The summed E-state index contributed by atoms with van der Waals surface area (Å²) in [5, 5.41) is 19.2. The van der Waals surface area contributed by atoms with Gasteiger partial charge in [0.1, 0.15) is 0 Å². The van der Waals surface area contributed by atoms with Gasteiger partial charge in [0.05, 0.1) is 12.1 Å². The van der Waals surface area contributed by atoms with Crippen LogP contribution in [0.3, 0.4) is 0 Å². The lowest BCUT2D eigenvalue weighted by Crippen LogP contribution is -2.32. The number of nitrogens with zero attached hydrogens (tertiary/aromatic N) is 2. The van der Waals surface area contributed by atoms with Crippen LogP contribution < -0.4 is 0 Å². The Balaban J connectivity index is 1.90. The third kappa shape index (κ3) is 6.99.